The number of hydrogen-bond acceptors (Lipinski definition) is 5. The van der Waals surface area contributed by atoms with Gasteiger partial charge in [-0.25, -0.2) is 9.78 Å². The normalized spacial score (nSPS) is 19.6. The van der Waals surface area contributed by atoms with Crippen molar-refractivity contribution in [1.29, 1.82) is 0 Å². The topological polar surface area (TPSA) is 81.7 Å². The Morgan fingerprint density at radius 1 is 0.968 bits per heavy atom. The number of nitrogens with zero attached hydrogens (tertiary/aromatic N) is 5. The summed E-state index contributed by atoms with van der Waals surface area (Å²) in [6.07, 6.45) is 7.68. The smallest absolute Gasteiger partial charge is 0.321 e. The van der Waals surface area contributed by atoms with Crippen molar-refractivity contribution in [1.82, 2.24) is 19.8 Å². The molecule has 3 heterocycles. The van der Waals surface area contributed by atoms with Crippen LogP contribution in [0.15, 0.2) is 42.9 Å². The van der Waals surface area contributed by atoms with Crippen molar-refractivity contribution in [2.45, 2.75) is 19.3 Å². The molecule has 2 saturated heterocycles. The standard InChI is InChI=1S/C22H27ClN6O2/c23-18-4-6-19(7-5-18)26-22(31)28-12-2-11-27(13-14-28)21(30)17-3-1-10-29(16-17)20-15-24-8-9-25-20/h4-9,15,17H,1-3,10-14,16H2,(H,26,31). The van der Waals surface area contributed by atoms with Crippen LogP contribution in [0.3, 0.4) is 0 Å². The quantitative estimate of drug-likeness (QED) is 0.789. The van der Waals surface area contributed by atoms with Gasteiger partial charge in [0.2, 0.25) is 5.91 Å². The van der Waals surface area contributed by atoms with E-state index in [4.69, 9.17) is 11.6 Å². The molecular formula is C22H27ClN6O2. The Hall–Kier alpha value is -2.87. The predicted octanol–water partition coefficient (Wildman–Crippen LogP) is 3.11. The first-order valence-electron chi connectivity index (χ1n) is 10.7. The maximum atomic E-state index is 13.2. The molecule has 1 N–H and O–H groups in total. The van der Waals surface area contributed by atoms with E-state index in [1.54, 1.807) is 47.8 Å². The largest absolute Gasteiger partial charge is 0.355 e. The minimum atomic E-state index is -0.150. The van der Waals surface area contributed by atoms with Gasteiger partial charge in [0.15, 0.2) is 0 Å². The number of hydrogen-bond donors (Lipinski definition) is 1. The number of anilines is 2. The van der Waals surface area contributed by atoms with Crippen molar-refractivity contribution >= 4 is 35.0 Å². The van der Waals surface area contributed by atoms with Gasteiger partial charge in [0, 0.05) is 62.4 Å². The molecule has 0 radical (unpaired) electrons. The molecule has 1 atom stereocenters. The van der Waals surface area contributed by atoms with E-state index in [9.17, 15) is 9.59 Å². The van der Waals surface area contributed by atoms with Crippen molar-refractivity contribution in [2.24, 2.45) is 5.92 Å². The van der Waals surface area contributed by atoms with E-state index in [0.717, 1.165) is 31.6 Å². The Kier molecular flexibility index (Phi) is 6.86. The van der Waals surface area contributed by atoms with E-state index in [1.807, 2.05) is 4.90 Å². The van der Waals surface area contributed by atoms with Crippen LogP contribution in [0, 0.1) is 5.92 Å². The zero-order chi connectivity index (χ0) is 21.6. The van der Waals surface area contributed by atoms with E-state index in [0.29, 0.717) is 43.4 Å². The highest BCUT2D eigenvalue weighted by atomic mass is 35.5. The molecule has 1 aromatic heterocycles. The Morgan fingerprint density at radius 2 is 1.74 bits per heavy atom. The second kappa shape index (κ2) is 9.96. The summed E-state index contributed by atoms with van der Waals surface area (Å²) in [6, 6.07) is 6.89. The maximum absolute atomic E-state index is 13.2. The lowest BCUT2D eigenvalue weighted by Crippen LogP contribution is -2.46. The third-order valence-electron chi connectivity index (χ3n) is 5.83. The predicted molar refractivity (Wildman–Crippen MR) is 120 cm³/mol. The van der Waals surface area contributed by atoms with Gasteiger partial charge in [-0.15, -0.1) is 0 Å². The fourth-order valence-corrected chi connectivity index (χ4v) is 4.30. The first kappa shape index (κ1) is 21.4. The third-order valence-corrected chi connectivity index (χ3v) is 6.09. The lowest BCUT2D eigenvalue weighted by molar-refractivity contribution is -0.135. The number of rotatable bonds is 3. The van der Waals surface area contributed by atoms with Gasteiger partial charge in [-0.3, -0.25) is 9.78 Å². The van der Waals surface area contributed by atoms with Crippen molar-refractivity contribution in [2.75, 3.05) is 49.5 Å². The molecule has 4 rings (SSSR count). The van der Waals surface area contributed by atoms with Crippen LogP contribution >= 0.6 is 11.6 Å². The summed E-state index contributed by atoms with van der Waals surface area (Å²) in [4.78, 5) is 40.2. The van der Waals surface area contributed by atoms with Crippen LogP contribution in [0.4, 0.5) is 16.3 Å². The molecule has 0 aliphatic carbocycles. The van der Waals surface area contributed by atoms with Gasteiger partial charge in [-0.05, 0) is 43.5 Å². The summed E-state index contributed by atoms with van der Waals surface area (Å²) in [6.45, 7) is 3.92. The van der Waals surface area contributed by atoms with Gasteiger partial charge in [0.05, 0.1) is 12.1 Å². The molecule has 2 aliphatic rings. The van der Waals surface area contributed by atoms with Gasteiger partial charge in [-0.2, -0.15) is 0 Å². The summed E-state index contributed by atoms with van der Waals surface area (Å²) in [5.41, 5.74) is 0.706. The van der Waals surface area contributed by atoms with Crippen LogP contribution in [-0.4, -0.2) is 71.0 Å². The van der Waals surface area contributed by atoms with Crippen molar-refractivity contribution in [3.05, 3.63) is 47.9 Å². The summed E-state index contributed by atoms with van der Waals surface area (Å²) >= 11 is 5.90. The SMILES string of the molecule is O=C(Nc1ccc(Cl)cc1)N1CCCN(C(=O)C2CCCN(c3cnccn3)C2)CC1. The summed E-state index contributed by atoms with van der Waals surface area (Å²) < 4.78 is 0. The fourth-order valence-electron chi connectivity index (χ4n) is 4.18. The van der Waals surface area contributed by atoms with Crippen LogP contribution in [0.2, 0.25) is 5.02 Å². The zero-order valence-corrected chi connectivity index (χ0v) is 18.2. The summed E-state index contributed by atoms with van der Waals surface area (Å²) in [5.74, 6) is 0.944. The number of halogens is 1. The van der Waals surface area contributed by atoms with Crippen molar-refractivity contribution < 1.29 is 9.59 Å². The molecule has 3 amide bonds. The number of nitrogens with one attached hydrogen (secondary N) is 1. The lowest BCUT2D eigenvalue weighted by Gasteiger charge is -2.35. The molecule has 1 unspecified atom stereocenters. The molecule has 31 heavy (non-hydrogen) atoms. The molecule has 0 bridgehead atoms. The van der Waals surface area contributed by atoms with Crippen LogP contribution in [0.25, 0.3) is 0 Å². The third kappa shape index (κ3) is 5.44. The number of benzene rings is 1. The highest BCUT2D eigenvalue weighted by Crippen LogP contribution is 2.23. The Bertz CT molecular complexity index is 895. The number of urea groups is 1. The summed E-state index contributed by atoms with van der Waals surface area (Å²) in [5, 5.41) is 3.53. The second-order valence-electron chi connectivity index (χ2n) is 7.95. The fraction of sp³-hybridized carbons (Fsp3) is 0.455. The van der Waals surface area contributed by atoms with E-state index < -0.39 is 0 Å². The highest BCUT2D eigenvalue weighted by molar-refractivity contribution is 6.30. The number of carbonyl (C=O) groups excluding carboxylic acids is 2. The number of aromatic nitrogens is 2. The van der Waals surface area contributed by atoms with Gasteiger partial charge in [0.25, 0.3) is 0 Å². The zero-order valence-electron chi connectivity index (χ0n) is 17.4. The Morgan fingerprint density at radius 3 is 2.52 bits per heavy atom. The van der Waals surface area contributed by atoms with Gasteiger partial charge in [0.1, 0.15) is 5.82 Å². The average Bonchev–Trinajstić information content (AvgIpc) is 3.07. The molecule has 0 spiro atoms. The molecule has 2 fully saturated rings. The van der Waals surface area contributed by atoms with Crippen LogP contribution in [0.5, 0.6) is 0 Å². The number of carbonyl (C=O) groups is 2. The van der Waals surface area contributed by atoms with E-state index in [2.05, 4.69) is 20.2 Å². The first-order valence-corrected chi connectivity index (χ1v) is 11.1. The Labute approximate surface area is 187 Å². The molecular weight excluding hydrogens is 416 g/mol. The van der Waals surface area contributed by atoms with Crippen LogP contribution < -0.4 is 10.2 Å². The lowest BCUT2D eigenvalue weighted by atomic mass is 9.96. The van der Waals surface area contributed by atoms with Crippen molar-refractivity contribution in [3.8, 4) is 0 Å². The van der Waals surface area contributed by atoms with Gasteiger partial charge in [-0.1, -0.05) is 11.6 Å². The minimum absolute atomic E-state index is 0.0507. The van der Waals surface area contributed by atoms with E-state index in [1.165, 1.54) is 0 Å². The van der Waals surface area contributed by atoms with Crippen LogP contribution in [-0.2, 0) is 4.79 Å². The van der Waals surface area contributed by atoms with E-state index in [-0.39, 0.29) is 17.9 Å². The molecule has 164 valence electrons. The monoisotopic (exact) mass is 442 g/mol. The van der Waals surface area contributed by atoms with Gasteiger partial charge >= 0.3 is 6.03 Å². The minimum Gasteiger partial charge on any atom is -0.355 e. The number of piperidine rings is 1. The molecule has 1 aromatic carbocycles. The Balaban J connectivity index is 1.32. The van der Waals surface area contributed by atoms with Gasteiger partial charge < -0.3 is 20.0 Å². The van der Waals surface area contributed by atoms with E-state index >= 15 is 0 Å². The second-order valence-corrected chi connectivity index (χ2v) is 8.39. The van der Waals surface area contributed by atoms with Crippen LogP contribution in [0.1, 0.15) is 19.3 Å². The number of amides is 3. The summed E-state index contributed by atoms with van der Waals surface area (Å²) in [7, 11) is 0. The maximum Gasteiger partial charge on any atom is 0.321 e. The van der Waals surface area contributed by atoms with Crippen molar-refractivity contribution in [3.63, 3.8) is 0 Å². The molecule has 8 nitrogen and oxygen atoms in total. The first-order chi connectivity index (χ1) is 15.1. The highest BCUT2D eigenvalue weighted by Gasteiger charge is 2.31. The molecule has 9 heteroatoms. The average molecular weight is 443 g/mol. The molecule has 2 aromatic rings. The molecule has 2 aliphatic heterocycles. The molecule has 0 saturated carbocycles.